The van der Waals surface area contributed by atoms with Crippen LogP contribution in [0.25, 0.3) is 10.2 Å². The first-order valence-electron chi connectivity index (χ1n) is 5.65. The van der Waals surface area contributed by atoms with Crippen LogP contribution in [0.3, 0.4) is 0 Å². The van der Waals surface area contributed by atoms with Crippen molar-refractivity contribution >= 4 is 32.9 Å². The molecule has 0 radical (unpaired) electrons. The van der Waals surface area contributed by atoms with Crippen molar-refractivity contribution in [3.8, 4) is 0 Å². The van der Waals surface area contributed by atoms with Crippen LogP contribution in [0.4, 0.5) is 0 Å². The molecule has 3 nitrogen and oxygen atoms in total. The van der Waals surface area contributed by atoms with Gasteiger partial charge >= 0.3 is 0 Å². The maximum absolute atomic E-state index is 11.7. The summed E-state index contributed by atoms with van der Waals surface area (Å²) < 4.78 is 2.95. The molecule has 0 atom stereocenters. The van der Waals surface area contributed by atoms with Crippen LogP contribution in [0.1, 0.15) is 15.6 Å². The normalized spacial score (nSPS) is 11.2. The highest BCUT2D eigenvalue weighted by atomic mass is 32.1. The lowest BCUT2D eigenvalue weighted by atomic mass is 10.3. The molecule has 0 spiro atoms. The molecule has 5 heteroatoms. The van der Waals surface area contributed by atoms with E-state index in [2.05, 4.69) is 9.55 Å². The van der Waals surface area contributed by atoms with Crippen LogP contribution in [-0.4, -0.2) is 9.55 Å². The van der Waals surface area contributed by atoms with Crippen LogP contribution < -0.4 is 5.43 Å². The molecule has 3 rings (SSSR count). The molecule has 0 saturated carbocycles. The zero-order chi connectivity index (χ0) is 12.7. The Morgan fingerprint density at radius 2 is 2.17 bits per heavy atom. The largest absolute Gasteiger partial charge is 0.341 e. The molecule has 0 aliphatic carbocycles. The summed E-state index contributed by atoms with van der Waals surface area (Å²) in [5.41, 5.74) is 2.20. The summed E-state index contributed by atoms with van der Waals surface area (Å²) >= 11 is 3.22. The lowest BCUT2D eigenvalue weighted by Crippen LogP contribution is -2.06. The lowest BCUT2D eigenvalue weighted by Gasteiger charge is -2.06. The molecule has 0 aliphatic heterocycles. The molecule has 92 valence electrons. The number of hydrogen-bond donors (Lipinski definition) is 0. The van der Waals surface area contributed by atoms with Gasteiger partial charge in [-0.15, -0.1) is 22.7 Å². The molecule has 3 heterocycles. The van der Waals surface area contributed by atoms with E-state index in [0.29, 0.717) is 0 Å². The van der Waals surface area contributed by atoms with Gasteiger partial charge in [0, 0.05) is 17.1 Å². The van der Waals surface area contributed by atoms with Gasteiger partial charge in [-0.05, 0) is 25.3 Å². The minimum Gasteiger partial charge on any atom is -0.341 e. The third-order valence-corrected chi connectivity index (χ3v) is 4.87. The quantitative estimate of drug-likeness (QED) is 0.720. The summed E-state index contributed by atoms with van der Waals surface area (Å²) in [6.07, 6.45) is 1.87. The van der Waals surface area contributed by atoms with Crippen LogP contribution in [0.15, 0.2) is 28.5 Å². The lowest BCUT2D eigenvalue weighted by molar-refractivity contribution is 0.831. The number of fused-ring (bicyclic) bond motifs is 1. The van der Waals surface area contributed by atoms with Crippen LogP contribution in [0.2, 0.25) is 0 Å². The predicted octanol–water partition coefficient (Wildman–Crippen LogP) is 3.18. The van der Waals surface area contributed by atoms with Gasteiger partial charge in [0.15, 0.2) is 5.43 Å². The van der Waals surface area contributed by atoms with Gasteiger partial charge in [0.05, 0.1) is 27.5 Å². The Bertz CT molecular complexity index is 767. The molecule has 0 unspecified atom stereocenters. The maximum atomic E-state index is 11.7. The first kappa shape index (κ1) is 11.6. The Morgan fingerprint density at radius 1 is 1.33 bits per heavy atom. The van der Waals surface area contributed by atoms with Gasteiger partial charge in [-0.25, -0.2) is 4.98 Å². The van der Waals surface area contributed by atoms with Crippen molar-refractivity contribution in [2.45, 2.75) is 20.4 Å². The smallest absolute Gasteiger partial charge is 0.199 e. The summed E-state index contributed by atoms with van der Waals surface area (Å²) in [6.45, 7) is 4.84. The summed E-state index contributed by atoms with van der Waals surface area (Å²) in [5, 5.41) is 3.05. The van der Waals surface area contributed by atoms with Gasteiger partial charge in [0.1, 0.15) is 0 Å². The monoisotopic (exact) mass is 276 g/mol. The zero-order valence-electron chi connectivity index (χ0n) is 10.1. The number of rotatable bonds is 2. The average molecular weight is 276 g/mol. The van der Waals surface area contributed by atoms with E-state index in [1.807, 2.05) is 31.5 Å². The minimum atomic E-state index is 0.105. The highest BCUT2D eigenvalue weighted by molar-refractivity contribution is 7.17. The second kappa shape index (κ2) is 4.33. The third-order valence-electron chi connectivity index (χ3n) is 2.90. The van der Waals surface area contributed by atoms with Crippen molar-refractivity contribution in [2.24, 2.45) is 0 Å². The van der Waals surface area contributed by atoms with Crippen molar-refractivity contribution in [2.75, 3.05) is 0 Å². The summed E-state index contributed by atoms with van der Waals surface area (Å²) in [5.74, 6) is 0. The van der Waals surface area contributed by atoms with Crippen LogP contribution >= 0.6 is 22.7 Å². The molecule has 0 aromatic carbocycles. The Balaban J connectivity index is 2.10. The van der Waals surface area contributed by atoms with Crippen molar-refractivity contribution in [1.82, 2.24) is 9.55 Å². The molecule has 0 fully saturated rings. The molecule has 0 bridgehead atoms. The fraction of sp³-hybridized carbons (Fsp3) is 0.231. The molecule has 0 saturated heterocycles. The Labute approximate surface area is 112 Å². The van der Waals surface area contributed by atoms with Crippen molar-refractivity contribution in [1.29, 1.82) is 0 Å². The van der Waals surface area contributed by atoms with E-state index in [9.17, 15) is 4.79 Å². The Kier molecular flexibility index (Phi) is 2.80. The topological polar surface area (TPSA) is 34.9 Å². The van der Waals surface area contributed by atoms with Gasteiger partial charge in [-0.3, -0.25) is 4.79 Å². The summed E-state index contributed by atoms with van der Waals surface area (Å²) in [4.78, 5) is 17.4. The fourth-order valence-corrected chi connectivity index (χ4v) is 3.80. The summed E-state index contributed by atoms with van der Waals surface area (Å²) in [6, 6.07) is 3.65. The maximum Gasteiger partial charge on any atom is 0.199 e. The Morgan fingerprint density at radius 3 is 2.89 bits per heavy atom. The van der Waals surface area contributed by atoms with Crippen LogP contribution in [0.5, 0.6) is 0 Å². The van der Waals surface area contributed by atoms with Gasteiger partial charge < -0.3 is 4.57 Å². The van der Waals surface area contributed by atoms with E-state index in [-0.39, 0.29) is 5.43 Å². The second-order valence-corrected chi connectivity index (χ2v) is 6.39. The van der Waals surface area contributed by atoms with Gasteiger partial charge in [-0.2, -0.15) is 0 Å². The van der Waals surface area contributed by atoms with Crippen molar-refractivity contribution < 1.29 is 0 Å². The molecule has 18 heavy (non-hydrogen) atoms. The van der Waals surface area contributed by atoms with E-state index in [1.165, 1.54) is 16.2 Å². The van der Waals surface area contributed by atoms with Crippen LogP contribution in [-0.2, 0) is 6.54 Å². The standard InChI is InChI=1S/C13H12N2OS2/c1-8-12(18-9(2)14-8)7-15-5-3-11(16)13-10(15)4-6-17-13/h3-6H,7H2,1-2H3. The molecule has 0 aliphatic rings. The predicted molar refractivity (Wildman–Crippen MR) is 76.8 cm³/mol. The number of hydrogen-bond acceptors (Lipinski definition) is 4. The number of pyridine rings is 1. The third kappa shape index (κ3) is 1.89. The number of aromatic nitrogens is 2. The average Bonchev–Trinajstić information content (AvgIpc) is 2.91. The molecule has 0 amide bonds. The molecule has 3 aromatic heterocycles. The highest BCUT2D eigenvalue weighted by Gasteiger charge is 2.08. The SMILES string of the molecule is Cc1nc(C)c(Cn2ccc(=O)c3sccc32)s1. The van der Waals surface area contributed by atoms with Gasteiger partial charge in [-0.1, -0.05) is 0 Å². The molecular formula is C13H12N2OS2. The van der Waals surface area contributed by atoms with Gasteiger partial charge in [0.2, 0.25) is 0 Å². The Hall–Kier alpha value is -1.46. The van der Waals surface area contributed by atoms with E-state index >= 15 is 0 Å². The molecule has 3 aromatic rings. The van der Waals surface area contributed by atoms with Crippen molar-refractivity contribution in [3.63, 3.8) is 0 Å². The molecular weight excluding hydrogens is 264 g/mol. The highest BCUT2D eigenvalue weighted by Crippen LogP contribution is 2.22. The number of nitrogens with zero attached hydrogens (tertiary/aromatic N) is 2. The summed E-state index contributed by atoms with van der Waals surface area (Å²) in [7, 11) is 0. The van der Waals surface area contributed by atoms with E-state index in [1.54, 1.807) is 17.4 Å². The van der Waals surface area contributed by atoms with Crippen molar-refractivity contribution in [3.05, 3.63) is 49.5 Å². The van der Waals surface area contributed by atoms with E-state index in [0.717, 1.165) is 27.5 Å². The van der Waals surface area contributed by atoms with Gasteiger partial charge in [0.25, 0.3) is 0 Å². The van der Waals surface area contributed by atoms with E-state index in [4.69, 9.17) is 0 Å². The zero-order valence-corrected chi connectivity index (χ0v) is 11.8. The van der Waals surface area contributed by atoms with E-state index < -0.39 is 0 Å². The first-order valence-corrected chi connectivity index (χ1v) is 7.34. The first-order chi connectivity index (χ1) is 8.65. The minimum absolute atomic E-state index is 0.105. The fourth-order valence-electron chi connectivity index (χ4n) is 2.04. The number of aryl methyl sites for hydroxylation is 2. The van der Waals surface area contributed by atoms with Crippen LogP contribution in [0, 0.1) is 13.8 Å². The molecule has 0 N–H and O–H groups in total. The number of thiazole rings is 1. The second-order valence-electron chi connectivity index (χ2n) is 4.18. The number of thiophene rings is 1.